The Balaban J connectivity index is 1.95. The van der Waals surface area contributed by atoms with Gasteiger partial charge >= 0.3 is 0 Å². The number of carbonyl (C=O) groups is 2. The highest BCUT2D eigenvalue weighted by molar-refractivity contribution is 5.99. The fraction of sp³-hybridized carbons (Fsp3) is 0.0667. The Kier molecular flexibility index (Phi) is 5.15. The van der Waals surface area contributed by atoms with Crippen molar-refractivity contribution >= 4 is 23.2 Å². The van der Waals surface area contributed by atoms with Gasteiger partial charge in [0.05, 0.1) is 17.2 Å². The molecule has 7 nitrogen and oxygen atoms in total. The van der Waals surface area contributed by atoms with E-state index in [-0.39, 0.29) is 16.9 Å². The summed E-state index contributed by atoms with van der Waals surface area (Å²) in [5.41, 5.74) is -0.489. The van der Waals surface area contributed by atoms with Crippen molar-refractivity contribution in [3.05, 3.63) is 69.8 Å². The van der Waals surface area contributed by atoms with Gasteiger partial charge in [0, 0.05) is 23.8 Å². The van der Waals surface area contributed by atoms with E-state index in [4.69, 9.17) is 0 Å². The van der Waals surface area contributed by atoms with Crippen molar-refractivity contribution in [1.82, 2.24) is 5.32 Å². The molecule has 2 amide bonds. The van der Waals surface area contributed by atoms with E-state index in [1.165, 1.54) is 18.2 Å². The number of rotatable bonds is 5. The topological polar surface area (TPSA) is 101 Å². The van der Waals surface area contributed by atoms with Gasteiger partial charge in [0.15, 0.2) is 0 Å². The summed E-state index contributed by atoms with van der Waals surface area (Å²) in [6, 6.07) is 7.59. The van der Waals surface area contributed by atoms with Crippen LogP contribution in [0, 0.1) is 21.7 Å². The minimum absolute atomic E-state index is 0.00460. The van der Waals surface area contributed by atoms with Crippen molar-refractivity contribution in [3.63, 3.8) is 0 Å². The quantitative estimate of drug-likeness (QED) is 0.646. The second kappa shape index (κ2) is 7.27. The highest BCUT2D eigenvalue weighted by Crippen LogP contribution is 2.15. The van der Waals surface area contributed by atoms with Crippen LogP contribution in [-0.2, 0) is 4.79 Å². The molecule has 0 spiro atoms. The molecule has 0 aliphatic carbocycles. The smallest absolute Gasteiger partial charge is 0.270 e. The third-order valence-electron chi connectivity index (χ3n) is 2.93. The maximum atomic E-state index is 13.4. The molecule has 2 aromatic carbocycles. The predicted molar refractivity (Wildman–Crippen MR) is 80.4 cm³/mol. The van der Waals surface area contributed by atoms with Crippen LogP contribution in [0.5, 0.6) is 0 Å². The minimum Gasteiger partial charge on any atom is -0.343 e. The van der Waals surface area contributed by atoms with Gasteiger partial charge in [-0.1, -0.05) is 6.07 Å². The summed E-state index contributed by atoms with van der Waals surface area (Å²) >= 11 is 0. The molecule has 2 rings (SSSR count). The third-order valence-corrected chi connectivity index (χ3v) is 2.93. The summed E-state index contributed by atoms with van der Waals surface area (Å²) in [6.45, 7) is -0.488. The molecular weight excluding hydrogens is 324 g/mol. The largest absolute Gasteiger partial charge is 0.343 e. The summed E-state index contributed by atoms with van der Waals surface area (Å²) in [5.74, 6) is -3.18. The molecule has 0 aliphatic rings. The summed E-state index contributed by atoms with van der Waals surface area (Å²) in [4.78, 5) is 33.5. The second-order valence-corrected chi connectivity index (χ2v) is 4.66. The van der Waals surface area contributed by atoms with Gasteiger partial charge in [-0.2, -0.15) is 0 Å². The molecule has 9 heteroatoms. The molecule has 0 fully saturated rings. The van der Waals surface area contributed by atoms with Gasteiger partial charge in [-0.15, -0.1) is 0 Å². The number of carbonyl (C=O) groups excluding carboxylic acids is 2. The van der Waals surface area contributed by atoms with Crippen molar-refractivity contribution in [2.24, 2.45) is 0 Å². The predicted octanol–water partition coefficient (Wildman–Crippen LogP) is 2.24. The molecule has 0 aromatic heterocycles. The SMILES string of the molecule is O=C(CNC(=O)c1cccc([N+](=O)[O-])c1)Nc1ccc(F)cc1F. The van der Waals surface area contributed by atoms with E-state index in [9.17, 15) is 28.5 Å². The molecule has 2 aromatic rings. The Hall–Kier alpha value is -3.36. The maximum absolute atomic E-state index is 13.4. The maximum Gasteiger partial charge on any atom is 0.270 e. The molecule has 2 N–H and O–H groups in total. The standard InChI is InChI=1S/C15H11F2N3O4/c16-10-4-5-13(12(17)7-10)19-14(21)8-18-15(22)9-2-1-3-11(6-9)20(23)24/h1-7H,8H2,(H,18,22)(H,19,21). The lowest BCUT2D eigenvalue weighted by Gasteiger charge is -2.08. The highest BCUT2D eigenvalue weighted by atomic mass is 19.1. The number of benzene rings is 2. The van der Waals surface area contributed by atoms with E-state index in [0.717, 1.165) is 18.2 Å². The Labute approximate surface area is 134 Å². The molecule has 0 aliphatic heterocycles. The zero-order valence-corrected chi connectivity index (χ0v) is 12.1. The molecule has 124 valence electrons. The molecule has 0 saturated heterocycles. The number of halogens is 2. The van der Waals surface area contributed by atoms with E-state index < -0.39 is 34.9 Å². The monoisotopic (exact) mass is 335 g/mol. The van der Waals surface area contributed by atoms with Crippen molar-refractivity contribution in [3.8, 4) is 0 Å². The lowest BCUT2D eigenvalue weighted by molar-refractivity contribution is -0.384. The summed E-state index contributed by atoms with van der Waals surface area (Å²) in [6.07, 6.45) is 0. The van der Waals surface area contributed by atoms with Gasteiger partial charge < -0.3 is 10.6 Å². The number of nitrogens with zero attached hydrogens (tertiary/aromatic N) is 1. The Bertz CT molecular complexity index is 811. The molecule has 24 heavy (non-hydrogen) atoms. The zero-order valence-electron chi connectivity index (χ0n) is 12.1. The first-order valence-electron chi connectivity index (χ1n) is 6.64. The first-order valence-corrected chi connectivity index (χ1v) is 6.64. The van der Waals surface area contributed by atoms with Crippen molar-refractivity contribution in [1.29, 1.82) is 0 Å². The van der Waals surface area contributed by atoms with Gasteiger partial charge in [-0.25, -0.2) is 8.78 Å². The van der Waals surface area contributed by atoms with Crippen LogP contribution in [0.15, 0.2) is 42.5 Å². The van der Waals surface area contributed by atoms with Gasteiger partial charge in [0.2, 0.25) is 5.91 Å². The molecule has 0 saturated carbocycles. The Morgan fingerprint density at radius 2 is 1.88 bits per heavy atom. The van der Waals surface area contributed by atoms with Gasteiger partial charge in [0.1, 0.15) is 11.6 Å². The van der Waals surface area contributed by atoms with E-state index >= 15 is 0 Å². The molecular formula is C15H11F2N3O4. The van der Waals surface area contributed by atoms with E-state index in [1.807, 2.05) is 0 Å². The summed E-state index contributed by atoms with van der Waals surface area (Å²) in [7, 11) is 0. The number of nitro benzene ring substituents is 1. The number of amides is 2. The Morgan fingerprint density at radius 3 is 2.54 bits per heavy atom. The van der Waals surface area contributed by atoms with Gasteiger partial charge in [0.25, 0.3) is 11.6 Å². The Morgan fingerprint density at radius 1 is 1.12 bits per heavy atom. The van der Waals surface area contributed by atoms with Crippen LogP contribution in [0.3, 0.4) is 0 Å². The van der Waals surface area contributed by atoms with Crippen LogP contribution in [-0.4, -0.2) is 23.3 Å². The molecule has 0 atom stereocenters. The number of non-ortho nitro benzene ring substituents is 1. The van der Waals surface area contributed by atoms with Crippen molar-refractivity contribution < 1.29 is 23.3 Å². The van der Waals surface area contributed by atoms with Crippen molar-refractivity contribution in [2.75, 3.05) is 11.9 Å². The minimum atomic E-state index is -0.951. The van der Waals surface area contributed by atoms with Crippen LogP contribution in [0.25, 0.3) is 0 Å². The lowest BCUT2D eigenvalue weighted by atomic mass is 10.2. The number of hydrogen-bond acceptors (Lipinski definition) is 4. The first kappa shape index (κ1) is 17.0. The number of nitrogens with one attached hydrogen (secondary N) is 2. The molecule has 0 unspecified atom stereocenters. The number of hydrogen-bond donors (Lipinski definition) is 2. The fourth-order valence-electron chi connectivity index (χ4n) is 1.81. The number of nitro groups is 1. The summed E-state index contributed by atoms with van der Waals surface area (Å²) < 4.78 is 26.1. The van der Waals surface area contributed by atoms with Crippen LogP contribution < -0.4 is 10.6 Å². The van der Waals surface area contributed by atoms with Crippen LogP contribution in [0.1, 0.15) is 10.4 Å². The fourth-order valence-corrected chi connectivity index (χ4v) is 1.81. The first-order chi connectivity index (χ1) is 11.4. The van der Waals surface area contributed by atoms with E-state index in [2.05, 4.69) is 10.6 Å². The molecule has 0 bridgehead atoms. The normalized spacial score (nSPS) is 10.1. The van der Waals surface area contributed by atoms with Crippen molar-refractivity contribution in [2.45, 2.75) is 0 Å². The van der Waals surface area contributed by atoms with E-state index in [1.54, 1.807) is 0 Å². The van der Waals surface area contributed by atoms with E-state index in [0.29, 0.717) is 6.07 Å². The van der Waals surface area contributed by atoms with Crippen LogP contribution >= 0.6 is 0 Å². The molecule has 0 radical (unpaired) electrons. The highest BCUT2D eigenvalue weighted by Gasteiger charge is 2.13. The van der Waals surface area contributed by atoms with Crippen LogP contribution in [0.2, 0.25) is 0 Å². The second-order valence-electron chi connectivity index (χ2n) is 4.66. The van der Waals surface area contributed by atoms with Crippen LogP contribution in [0.4, 0.5) is 20.2 Å². The lowest BCUT2D eigenvalue weighted by Crippen LogP contribution is -2.33. The van der Waals surface area contributed by atoms with Gasteiger partial charge in [-0.3, -0.25) is 19.7 Å². The zero-order chi connectivity index (χ0) is 17.7. The summed E-state index contributed by atoms with van der Waals surface area (Å²) in [5, 5.41) is 15.1. The van der Waals surface area contributed by atoms with Gasteiger partial charge in [-0.05, 0) is 18.2 Å². The molecule has 0 heterocycles. The third kappa shape index (κ3) is 4.32. The average molecular weight is 335 g/mol. The average Bonchev–Trinajstić information content (AvgIpc) is 2.55. The number of anilines is 1.